The van der Waals surface area contributed by atoms with Gasteiger partial charge in [0.15, 0.2) is 6.10 Å². The predicted octanol–water partition coefficient (Wildman–Crippen LogP) is 23.6. The zero-order valence-corrected chi connectivity index (χ0v) is 56.9. The molecule has 2 unspecified atom stereocenters. The molecule has 10 heteroatoms. The number of phosphoric acid groups is 1. The van der Waals surface area contributed by atoms with Crippen molar-refractivity contribution in [3.8, 4) is 0 Å². The fraction of sp³-hybridized carbons (Fsp3) is 0.688. The van der Waals surface area contributed by atoms with Crippen molar-refractivity contribution in [2.24, 2.45) is 5.73 Å². The second kappa shape index (κ2) is 71.2. The number of unbranched alkanes of at least 4 members (excludes halogenated alkanes) is 31. The van der Waals surface area contributed by atoms with Crippen LogP contribution in [0.2, 0.25) is 0 Å². The van der Waals surface area contributed by atoms with Crippen LogP contribution in [0, 0.1) is 0 Å². The van der Waals surface area contributed by atoms with Crippen molar-refractivity contribution >= 4 is 19.8 Å². The number of nitrogens with two attached hydrogens (primary N) is 1. The van der Waals surface area contributed by atoms with Gasteiger partial charge in [0.25, 0.3) is 0 Å². The summed E-state index contributed by atoms with van der Waals surface area (Å²) in [5.74, 6) is -0.828. The second-order valence-corrected chi connectivity index (χ2v) is 24.8. The Morgan fingerprint density at radius 3 is 0.885 bits per heavy atom. The minimum Gasteiger partial charge on any atom is -0.462 e. The molecular formula is C77H132NO8P. The van der Waals surface area contributed by atoms with Gasteiger partial charge >= 0.3 is 19.8 Å². The minimum absolute atomic E-state index is 0.0485. The van der Waals surface area contributed by atoms with Crippen LogP contribution in [0.15, 0.2) is 134 Å². The highest BCUT2D eigenvalue weighted by Gasteiger charge is 2.26. The van der Waals surface area contributed by atoms with E-state index < -0.39 is 26.5 Å². The number of ether oxygens (including phenoxy) is 2. The van der Waals surface area contributed by atoms with E-state index in [4.69, 9.17) is 24.3 Å². The summed E-state index contributed by atoms with van der Waals surface area (Å²) in [6.45, 7) is 3.53. The fourth-order valence-electron chi connectivity index (χ4n) is 9.85. The van der Waals surface area contributed by atoms with Gasteiger partial charge in [-0.1, -0.05) is 321 Å². The van der Waals surface area contributed by atoms with Crippen LogP contribution in [0.3, 0.4) is 0 Å². The van der Waals surface area contributed by atoms with Crippen LogP contribution in [0.25, 0.3) is 0 Å². The number of phosphoric ester groups is 1. The predicted molar refractivity (Wildman–Crippen MR) is 376 cm³/mol. The maximum Gasteiger partial charge on any atom is 0.472 e. The third-order valence-corrected chi connectivity index (χ3v) is 16.0. The zero-order valence-electron chi connectivity index (χ0n) is 56.0. The van der Waals surface area contributed by atoms with Gasteiger partial charge in [0.2, 0.25) is 0 Å². The first-order valence-corrected chi connectivity index (χ1v) is 37.2. The summed E-state index contributed by atoms with van der Waals surface area (Å²) < 4.78 is 33.2. The summed E-state index contributed by atoms with van der Waals surface area (Å²) in [6.07, 6.45) is 101. The average molecular weight is 1230 g/mol. The summed E-state index contributed by atoms with van der Waals surface area (Å²) in [5, 5.41) is 0. The van der Waals surface area contributed by atoms with Crippen LogP contribution >= 0.6 is 7.82 Å². The molecule has 2 atom stereocenters. The highest BCUT2D eigenvalue weighted by atomic mass is 31.2. The van der Waals surface area contributed by atoms with Crippen molar-refractivity contribution in [1.29, 1.82) is 0 Å². The van der Waals surface area contributed by atoms with Crippen molar-refractivity contribution < 1.29 is 37.6 Å². The summed E-state index contributed by atoms with van der Waals surface area (Å²) in [7, 11) is -4.40. The monoisotopic (exact) mass is 1230 g/mol. The molecule has 0 aromatic heterocycles. The van der Waals surface area contributed by atoms with E-state index >= 15 is 0 Å². The molecule has 0 heterocycles. The Balaban J connectivity index is 3.87. The Morgan fingerprint density at radius 1 is 0.345 bits per heavy atom. The van der Waals surface area contributed by atoms with Gasteiger partial charge in [0.1, 0.15) is 6.61 Å². The zero-order chi connectivity index (χ0) is 63.0. The molecule has 0 aliphatic rings. The van der Waals surface area contributed by atoms with Gasteiger partial charge in [-0.05, 0) is 109 Å². The van der Waals surface area contributed by atoms with Gasteiger partial charge in [-0.25, -0.2) is 4.57 Å². The van der Waals surface area contributed by atoms with E-state index in [1.807, 2.05) is 0 Å². The molecule has 0 aliphatic carbocycles. The highest BCUT2D eigenvalue weighted by molar-refractivity contribution is 7.47. The maximum atomic E-state index is 12.8. The molecule has 87 heavy (non-hydrogen) atoms. The van der Waals surface area contributed by atoms with E-state index in [-0.39, 0.29) is 38.6 Å². The Bertz CT molecular complexity index is 1890. The molecule has 0 rings (SSSR count). The Labute approximate surface area is 535 Å². The molecule has 0 aromatic rings. The molecule has 0 amide bonds. The van der Waals surface area contributed by atoms with Gasteiger partial charge in [-0.2, -0.15) is 0 Å². The molecule has 0 fully saturated rings. The van der Waals surface area contributed by atoms with Crippen LogP contribution in [0.5, 0.6) is 0 Å². The Morgan fingerprint density at radius 2 is 0.598 bits per heavy atom. The number of hydrogen-bond acceptors (Lipinski definition) is 8. The third-order valence-electron chi connectivity index (χ3n) is 15.0. The minimum atomic E-state index is -4.40. The van der Waals surface area contributed by atoms with Crippen molar-refractivity contribution in [1.82, 2.24) is 0 Å². The first-order chi connectivity index (χ1) is 42.8. The standard InChI is InChI=1S/C77H132NO8P/c1-3-5-7-9-11-13-15-17-19-21-23-25-27-29-31-33-34-35-36-37-38-39-40-42-43-45-47-49-51-53-55-57-59-61-63-65-67-69-76(79)83-73-75(74-85-87(81,82)84-72-71-78)86-77(80)70-68-66-64-62-60-58-56-54-52-50-48-46-44-41-32-30-28-26-24-22-20-18-16-14-12-10-8-6-4-2/h5-8,11-14,17-20,23-26,29-32,44,46,75H,3-4,9-10,15-16,21-22,27-28,33-43,45,47-74,78H2,1-2H3,(H,81,82)/b7-5-,8-6-,13-11-,14-12-,19-17-,20-18-,25-23-,26-24-,31-29-,32-30-,46-44-. The number of allylic oxidation sites excluding steroid dienone is 22. The van der Waals surface area contributed by atoms with Gasteiger partial charge in [-0.15, -0.1) is 0 Å². The molecule has 498 valence electrons. The Kier molecular flexibility index (Phi) is 68.1. The van der Waals surface area contributed by atoms with Crippen LogP contribution in [0.4, 0.5) is 0 Å². The van der Waals surface area contributed by atoms with Gasteiger partial charge in [0, 0.05) is 19.4 Å². The quantitative estimate of drug-likeness (QED) is 0.0264. The summed E-state index contributed by atoms with van der Waals surface area (Å²) in [4.78, 5) is 35.4. The van der Waals surface area contributed by atoms with E-state index in [9.17, 15) is 19.0 Å². The van der Waals surface area contributed by atoms with E-state index in [1.165, 1.54) is 161 Å². The van der Waals surface area contributed by atoms with Crippen LogP contribution in [-0.2, 0) is 32.7 Å². The van der Waals surface area contributed by atoms with Crippen molar-refractivity contribution in [3.63, 3.8) is 0 Å². The summed E-state index contributed by atoms with van der Waals surface area (Å²) in [6, 6.07) is 0. The number of rotatable bonds is 66. The molecule has 0 saturated heterocycles. The first-order valence-electron chi connectivity index (χ1n) is 35.7. The first kappa shape index (κ1) is 83.2. The molecule has 0 bridgehead atoms. The summed E-state index contributed by atoms with van der Waals surface area (Å²) >= 11 is 0. The lowest BCUT2D eigenvalue weighted by molar-refractivity contribution is -0.161. The van der Waals surface area contributed by atoms with Crippen molar-refractivity contribution in [2.45, 2.75) is 315 Å². The Hall–Kier alpha value is -3.85. The molecule has 0 aliphatic heterocycles. The van der Waals surface area contributed by atoms with Gasteiger partial charge in [-0.3, -0.25) is 18.6 Å². The molecule has 0 radical (unpaired) electrons. The van der Waals surface area contributed by atoms with Crippen molar-refractivity contribution in [2.75, 3.05) is 26.4 Å². The van der Waals surface area contributed by atoms with Crippen LogP contribution in [-0.4, -0.2) is 49.3 Å². The molecular weight excluding hydrogens is 1100 g/mol. The smallest absolute Gasteiger partial charge is 0.462 e. The molecule has 9 nitrogen and oxygen atoms in total. The SMILES string of the molecule is CC/C=C\C/C=C\C/C=C\C/C=C\C/C=C\C/C=C\CCCCCCCCCCCCC(=O)OC(COC(=O)CCCCCCCCCCCCCCCCCCCCCCC/C=C\C/C=C\C/C=C\C/C=C\C/C=C\CC)COP(=O)(O)OCCN. The molecule has 0 saturated carbocycles. The number of carbonyl (C=O) groups is 2. The maximum absolute atomic E-state index is 12.8. The second-order valence-electron chi connectivity index (χ2n) is 23.3. The highest BCUT2D eigenvalue weighted by Crippen LogP contribution is 2.43. The van der Waals surface area contributed by atoms with Crippen LogP contribution in [0.1, 0.15) is 309 Å². The number of hydrogen-bond donors (Lipinski definition) is 2. The molecule has 0 aromatic carbocycles. The lowest BCUT2D eigenvalue weighted by atomic mass is 10.0. The fourth-order valence-corrected chi connectivity index (χ4v) is 10.6. The largest absolute Gasteiger partial charge is 0.472 e. The lowest BCUT2D eigenvalue weighted by Gasteiger charge is -2.19. The van der Waals surface area contributed by atoms with Gasteiger partial charge in [0.05, 0.1) is 13.2 Å². The number of esters is 2. The van der Waals surface area contributed by atoms with E-state index in [0.29, 0.717) is 6.42 Å². The topological polar surface area (TPSA) is 134 Å². The third kappa shape index (κ3) is 71.1. The molecule has 3 N–H and O–H groups in total. The van der Waals surface area contributed by atoms with Crippen LogP contribution < -0.4 is 5.73 Å². The summed E-state index contributed by atoms with van der Waals surface area (Å²) in [5.41, 5.74) is 5.40. The van der Waals surface area contributed by atoms with E-state index in [1.54, 1.807) is 0 Å². The van der Waals surface area contributed by atoms with Crippen molar-refractivity contribution in [3.05, 3.63) is 134 Å². The molecule has 0 spiro atoms. The van der Waals surface area contributed by atoms with E-state index in [0.717, 1.165) is 116 Å². The number of carbonyl (C=O) groups excluding carboxylic acids is 2. The van der Waals surface area contributed by atoms with E-state index in [2.05, 4.69) is 148 Å². The van der Waals surface area contributed by atoms with Gasteiger partial charge < -0.3 is 20.1 Å². The average Bonchev–Trinajstić information content (AvgIpc) is 3.63. The lowest BCUT2D eigenvalue weighted by Crippen LogP contribution is -2.29. The normalized spacial score (nSPS) is 13.7.